The highest BCUT2D eigenvalue weighted by molar-refractivity contribution is 7.93. The van der Waals surface area contributed by atoms with Gasteiger partial charge in [-0.05, 0) is 0 Å². The zero-order valence-electron chi connectivity index (χ0n) is 9.84. The number of ether oxygens (including phenoxy) is 1. The number of hydrogen-bond donors (Lipinski definition) is 2. The minimum absolute atomic E-state index is 0.219. The van der Waals surface area contributed by atoms with E-state index in [1.807, 2.05) is 0 Å². The number of methoxy groups -OCH3 is 1. The van der Waals surface area contributed by atoms with Gasteiger partial charge in [0.1, 0.15) is 9.84 Å². The van der Waals surface area contributed by atoms with E-state index in [1.165, 1.54) is 7.11 Å². The predicted molar refractivity (Wildman–Crippen MR) is 64.1 cm³/mol. The molecule has 1 fully saturated rings. The molecule has 2 N–H and O–H groups in total. The molecule has 0 aromatic heterocycles. The van der Waals surface area contributed by atoms with Crippen molar-refractivity contribution >= 4 is 19.9 Å². The van der Waals surface area contributed by atoms with Gasteiger partial charge in [0.2, 0.25) is 10.0 Å². The highest BCUT2D eigenvalue weighted by Gasteiger charge is 2.30. The molecule has 0 saturated carbocycles. The van der Waals surface area contributed by atoms with Crippen molar-refractivity contribution in [1.82, 2.24) is 10.0 Å². The van der Waals surface area contributed by atoms with Crippen molar-refractivity contribution in [3.8, 4) is 0 Å². The first-order valence-electron chi connectivity index (χ1n) is 5.15. The largest absolute Gasteiger partial charge is 0.378 e. The van der Waals surface area contributed by atoms with Crippen molar-refractivity contribution in [2.75, 3.05) is 38.0 Å². The van der Waals surface area contributed by atoms with Crippen molar-refractivity contribution < 1.29 is 21.6 Å². The summed E-state index contributed by atoms with van der Waals surface area (Å²) in [6.07, 6.45) is 0.792. The molecule has 17 heavy (non-hydrogen) atoms. The predicted octanol–water partition coefficient (Wildman–Crippen LogP) is -2.06. The second-order valence-corrected chi connectivity index (χ2v) is 8.24. The molecule has 1 rings (SSSR count). The Morgan fingerprint density at radius 2 is 1.88 bits per heavy atom. The number of sulfone groups is 1. The highest BCUT2D eigenvalue weighted by Crippen LogP contribution is 2.05. The molecule has 0 radical (unpaired) electrons. The van der Waals surface area contributed by atoms with Crippen LogP contribution >= 0.6 is 0 Å². The van der Waals surface area contributed by atoms with Crippen molar-refractivity contribution in [2.45, 2.75) is 12.1 Å². The zero-order chi connectivity index (χ0) is 13.1. The van der Waals surface area contributed by atoms with Crippen molar-refractivity contribution in [2.24, 2.45) is 0 Å². The molecule has 0 amide bonds. The fraction of sp³-hybridized carbons (Fsp3) is 1.00. The molecule has 0 aromatic rings. The summed E-state index contributed by atoms with van der Waals surface area (Å²) < 4.78 is 52.6. The maximum absolute atomic E-state index is 11.6. The molecule has 1 aliphatic rings. The first-order valence-corrected chi connectivity index (χ1v) is 8.86. The lowest BCUT2D eigenvalue weighted by Gasteiger charge is -2.18. The van der Waals surface area contributed by atoms with Gasteiger partial charge in [-0.3, -0.25) is 0 Å². The van der Waals surface area contributed by atoms with E-state index in [2.05, 4.69) is 10.0 Å². The SMILES string of the molecule is CO[C@H]1CNCC1NS(=O)(=O)CCS(C)(=O)=O. The van der Waals surface area contributed by atoms with E-state index in [9.17, 15) is 16.8 Å². The number of sulfonamides is 1. The van der Waals surface area contributed by atoms with E-state index in [0.29, 0.717) is 13.1 Å². The van der Waals surface area contributed by atoms with Crippen molar-refractivity contribution in [3.63, 3.8) is 0 Å². The van der Waals surface area contributed by atoms with Gasteiger partial charge in [-0.25, -0.2) is 21.6 Å². The van der Waals surface area contributed by atoms with Gasteiger partial charge >= 0.3 is 0 Å². The lowest BCUT2D eigenvalue weighted by atomic mass is 10.2. The quantitative estimate of drug-likeness (QED) is 0.582. The molecule has 102 valence electrons. The Balaban J connectivity index is 2.55. The molecule has 1 heterocycles. The van der Waals surface area contributed by atoms with Gasteiger partial charge in [0.25, 0.3) is 0 Å². The van der Waals surface area contributed by atoms with Crippen LogP contribution in [-0.4, -0.2) is 66.9 Å². The first-order chi connectivity index (χ1) is 7.73. The molecule has 0 aromatic carbocycles. The third-order valence-corrected chi connectivity index (χ3v) is 5.12. The molecular weight excluding hydrogens is 268 g/mol. The number of hydrogen-bond acceptors (Lipinski definition) is 6. The van der Waals surface area contributed by atoms with Crippen LogP contribution in [0.25, 0.3) is 0 Å². The van der Waals surface area contributed by atoms with Crippen LogP contribution in [0.4, 0.5) is 0 Å². The first kappa shape index (κ1) is 14.8. The lowest BCUT2D eigenvalue weighted by Crippen LogP contribution is -2.45. The fourth-order valence-corrected chi connectivity index (χ4v) is 4.47. The molecule has 1 aliphatic heterocycles. The Hall–Kier alpha value is -0.220. The summed E-state index contributed by atoms with van der Waals surface area (Å²) in [4.78, 5) is 0. The molecule has 7 nitrogen and oxygen atoms in total. The lowest BCUT2D eigenvalue weighted by molar-refractivity contribution is 0.103. The molecule has 0 bridgehead atoms. The molecule has 2 atom stereocenters. The van der Waals surface area contributed by atoms with Crippen LogP contribution in [0.15, 0.2) is 0 Å². The van der Waals surface area contributed by atoms with Gasteiger partial charge in [0.05, 0.1) is 23.7 Å². The maximum atomic E-state index is 11.6. The van der Waals surface area contributed by atoms with Crippen LogP contribution < -0.4 is 10.0 Å². The average Bonchev–Trinajstić information content (AvgIpc) is 2.61. The van der Waals surface area contributed by atoms with E-state index >= 15 is 0 Å². The highest BCUT2D eigenvalue weighted by atomic mass is 32.2. The second-order valence-electron chi connectivity index (χ2n) is 4.11. The Morgan fingerprint density at radius 1 is 1.24 bits per heavy atom. The van der Waals surface area contributed by atoms with E-state index in [1.54, 1.807) is 0 Å². The molecule has 1 unspecified atom stereocenters. The van der Waals surface area contributed by atoms with Gasteiger partial charge in [-0.2, -0.15) is 0 Å². The fourth-order valence-electron chi connectivity index (χ4n) is 1.57. The molecule has 0 spiro atoms. The third kappa shape index (κ3) is 5.30. The van der Waals surface area contributed by atoms with Crippen LogP contribution in [0.3, 0.4) is 0 Å². The number of rotatable bonds is 6. The monoisotopic (exact) mass is 286 g/mol. The van der Waals surface area contributed by atoms with E-state index in [0.717, 1.165) is 6.26 Å². The summed E-state index contributed by atoms with van der Waals surface area (Å²) in [5.41, 5.74) is 0. The van der Waals surface area contributed by atoms with Crippen LogP contribution in [0.5, 0.6) is 0 Å². The standard InChI is InChI=1S/C8H18N2O5S2/c1-15-8-6-9-5-7(8)10-17(13,14)4-3-16(2,11)12/h7-10H,3-6H2,1-2H3/t7?,8-/m0/s1. The summed E-state index contributed by atoms with van der Waals surface area (Å²) in [5, 5.41) is 3.00. The minimum Gasteiger partial charge on any atom is -0.378 e. The smallest absolute Gasteiger partial charge is 0.212 e. The van der Waals surface area contributed by atoms with Crippen LogP contribution in [-0.2, 0) is 24.6 Å². The molecule has 1 saturated heterocycles. The van der Waals surface area contributed by atoms with Gasteiger partial charge in [-0.1, -0.05) is 0 Å². The van der Waals surface area contributed by atoms with E-state index < -0.39 is 25.6 Å². The zero-order valence-corrected chi connectivity index (χ0v) is 11.5. The van der Waals surface area contributed by atoms with Gasteiger partial charge in [0, 0.05) is 26.5 Å². The average molecular weight is 286 g/mol. The van der Waals surface area contributed by atoms with Crippen LogP contribution in [0.1, 0.15) is 0 Å². The normalized spacial score (nSPS) is 26.2. The summed E-state index contributed by atoms with van der Waals surface area (Å²) in [6.45, 7) is 1.06. The van der Waals surface area contributed by atoms with Crippen molar-refractivity contribution in [1.29, 1.82) is 0 Å². The van der Waals surface area contributed by atoms with Crippen LogP contribution in [0.2, 0.25) is 0 Å². The Morgan fingerprint density at radius 3 is 2.41 bits per heavy atom. The van der Waals surface area contributed by atoms with Gasteiger partial charge in [-0.15, -0.1) is 0 Å². The van der Waals surface area contributed by atoms with E-state index in [4.69, 9.17) is 4.74 Å². The topological polar surface area (TPSA) is 102 Å². The molecular formula is C8H18N2O5S2. The molecule has 0 aliphatic carbocycles. The maximum Gasteiger partial charge on any atom is 0.212 e. The summed E-state index contributed by atoms with van der Waals surface area (Å²) >= 11 is 0. The van der Waals surface area contributed by atoms with Gasteiger partial charge < -0.3 is 10.1 Å². The van der Waals surface area contributed by atoms with Gasteiger partial charge in [0.15, 0.2) is 0 Å². The number of nitrogens with one attached hydrogen (secondary N) is 2. The Labute approximate surface area is 102 Å². The van der Waals surface area contributed by atoms with Crippen LogP contribution in [0, 0.1) is 0 Å². The minimum atomic E-state index is -3.59. The summed E-state index contributed by atoms with van der Waals surface area (Å²) in [7, 11) is -5.36. The summed E-state index contributed by atoms with van der Waals surface area (Å²) in [5.74, 6) is -0.793. The summed E-state index contributed by atoms with van der Waals surface area (Å²) in [6, 6.07) is -0.343. The van der Waals surface area contributed by atoms with Crippen molar-refractivity contribution in [3.05, 3.63) is 0 Å². The third-order valence-electron chi connectivity index (χ3n) is 2.52. The second kappa shape index (κ2) is 5.61. The Kier molecular flexibility index (Phi) is 4.90. The molecule has 9 heteroatoms. The van der Waals surface area contributed by atoms with E-state index in [-0.39, 0.29) is 17.9 Å². The Bertz CT molecular complexity index is 445.